The molecule has 1 amide bonds. The summed E-state index contributed by atoms with van der Waals surface area (Å²) in [5.41, 5.74) is -0.606. The minimum atomic E-state index is -2.07. The second kappa shape index (κ2) is 15.7. The molecule has 1 fully saturated rings. The fourth-order valence-corrected chi connectivity index (χ4v) is 11.5. The van der Waals surface area contributed by atoms with Crippen LogP contribution in [-0.4, -0.2) is 83.0 Å². The number of hydrogen-bond donors (Lipinski definition) is 1. The van der Waals surface area contributed by atoms with Gasteiger partial charge in [0.2, 0.25) is 0 Å². The van der Waals surface area contributed by atoms with Gasteiger partial charge in [-0.15, -0.1) is 0 Å². The third-order valence-corrected chi connectivity index (χ3v) is 18.2. The molecule has 0 unspecified atom stereocenters. The first kappa shape index (κ1) is 35.0. The number of aliphatic hydroxyl groups excluding tert-OH is 1. The molecule has 0 radical (unpaired) electrons. The van der Waals surface area contributed by atoms with Crippen molar-refractivity contribution in [3.8, 4) is 0 Å². The molecule has 1 N–H and O–H groups in total. The molecule has 0 bridgehead atoms. The summed E-state index contributed by atoms with van der Waals surface area (Å²) in [6.45, 7) is 19.4. The van der Waals surface area contributed by atoms with E-state index in [1.54, 1.807) is 4.90 Å². The topological polar surface area (TPSA) is 77.5 Å². The summed E-state index contributed by atoms with van der Waals surface area (Å²) in [4.78, 5) is 15.2. The van der Waals surface area contributed by atoms with Crippen LogP contribution in [0.25, 0.3) is 0 Å². The smallest absolute Gasteiger partial charge is 0.410 e. The molecule has 4 atom stereocenters. The molecule has 37 heavy (non-hydrogen) atoms. The highest BCUT2D eigenvalue weighted by atomic mass is 127. The van der Waals surface area contributed by atoms with E-state index in [4.69, 9.17) is 18.3 Å². The van der Waals surface area contributed by atoms with Crippen LogP contribution >= 0.6 is 22.6 Å². The van der Waals surface area contributed by atoms with Crippen molar-refractivity contribution in [1.82, 2.24) is 4.90 Å². The van der Waals surface area contributed by atoms with Gasteiger partial charge in [0.25, 0.3) is 0 Å². The van der Waals surface area contributed by atoms with E-state index < -0.39 is 22.2 Å². The molecule has 218 valence electrons. The van der Waals surface area contributed by atoms with E-state index in [1.807, 2.05) is 33.9 Å². The number of amides is 1. The maximum Gasteiger partial charge on any atom is 0.410 e. The van der Waals surface area contributed by atoms with E-state index in [-0.39, 0.29) is 37.1 Å². The van der Waals surface area contributed by atoms with Crippen LogP contribution in [-0.2, 0) is 18.3 Å². The third kappa shape index (κ3) is 9.86. The number of halogens is 1. The molecule has 0 aliphatic carbocycles. The van der Waals surface area contributed by atoms with Crippen molar-refractivity contribution in [1.29, 1.82) is 0 Å². The molecule has 0 spiro atoms. The van der Waals surface area contributed by atoms with Crippen molar-refractivity contribution in [3.63, 3.8) is 0 Å². The Kier molecular flexibility index (Phi) is 14.9. The summed E-state index contributed by atoms with van der Waals surface area (Å²) < 4.78 is 27.6. The Bertz CT molecular complexity index is 708. The summed E-state index contributed by atoms with van der Waals surface area (Å²) in [5.74, 6) is 0. The quantitative estimate of drug-likeness (QED) is 0.157. The first-order valence-corrected chi connectivity index (χ1v) is 20.3. The highest BCUT2D eigenvalue weighted by Crippen LogP contribution is 2.37. The van der Waals surface area contributed by atoms with Crippen molar-refractivity contribution < 1.29 is 28.2 Å². The molecule has 1 heterocycles. The minimum Gasteiger partial charge on any atom is -0.444 e. The molecular formula is C27H54INO6Si2. The molecule has 1 aliphatic rings. The zero-order valence-corrected chi connectivity index (χ0v) is 29.2. The van der Waals surface area contributed by atoms with Gasteiger partial charge in [0.15, 0.2) is 16.6 Å². The maximum absolute atomic E-state index is 13.5. The van der Waals surface area contributed by atoms with Gasteiger partial charge in [0.1, 0.15) is 5.60 Å². The van der Waals surface area contributed by atoms with Crippen LogP contribution in [0.5, 0.6) is 0 Å². The van der Waals surface area contributed by atoms with Crippen LogP contribution in [0.3, 0.4) is 0 Å². The van der Waals surface area contributed by atoms with Crippen LogP contribution in [0, 0.1) is 0 Å². The second-order valence-electron chi connectivity index (χ2n) is 11.2. The van der Waals surface area contributed by atoms with Crippen LogP contribution < -0.4 is 0 Å². The van der Waals surface area contributed by atoms with Gasteiger partial charge in [-0.05, 0) is 89.3 Å². The average molecular weight is 672 g/mol. The lowest BCUT2D eigenvalue weighted by Gasteiger charge is -2.51. The second-order valence-corrected chi connectivity index (χ2v) is 22.0. The Labute approximate surface area is 242 Å². The van der Waals surface area contributed by atoms with Crippen LogP contribution in [0.1, 0.15) is 68.7 Å². The van der Waals surface area contributed by atoms with Gasteiger partial charge < -0.3 is 28.3 Å². The first-order valence-electron chi connectivity index (χ1n) is 14.2. The molecular weight excluding hydrogens is 617 g/mol. The molecule has 1 saturated heterocycles. The summed E-state index contributed by atoms with van der Waals surface area (Å²) in [7, 11) is -2.25. The normalized spacial score (nSPS) is 23.7. The van der Waals surface area contributed by atoms with Gasteiger partial charge in [0.05, 0.1) is 37.6 Å². The van der Waals surface area contributed by atoms with Crippen LogP contribution in [0.2, 0.25) is 36.3 Å². The van der Waals surface area contributed by atoms with Crippen molar-refractivity contribution in [3.05, 3.63) is 9.66 Å². The number of nitrogens with zero attached hydrogens (tertiary/aromatic N) is 1. The fraction of sp³-hybridized carbons (Fsp3) is 0.889. The van der Waals surface area contributed by atoms with Crippen molar-refractivity contribution in [2.75, 3.05) is 20.3 Å². The van der Waals surface area contributed by atoms with E-state index >= 15 is 0 Å². The largest absolute Gasteiger partial charge is 0.444 e. The minimum absolute atomic E-state index is 0.0152. The number of hydrogen-bond acceptors (Lipinski definition) is 6. The molecule has 0 saturated carbocycles. The molecule has 1 rings (SSSR count). The van der Waals surface area contributed by atoms with E-state index in [0.29, 0.717) is 13.0 Å². The molecule has 0 aromatic heterocycles. The standard InChI is InChI=1S/C27H54INO6Si2/c1-11-36(12-2,13-3)34-23-20-32-22(19-21(28)17-18-30)25(35-37(14-4,15-5)16-6)24(23)29(10)26(31)33-27(7,8)9/h17,22-25,30H,11-16,18-20H2,1-10H3/b21-17-/t22-,23-,24-,25+/m1/s1. The lowest BCUT2D eigenvalue weighted by atomic mass is 9.94. The Morgan fingerprint density at radius 2 is 1.49 bits per heavy atom. The molecule has 7 nitrogen and oxygen atoms in total. The molecule has 0 aromatic rings. The van der Waals surface area contributed by atoms with Gasteiger partial charge >= 0.3 is 6.09 Å². The number of carbonyl (C=O) groups is 1. The predicted molar refractivity (Wildman–Crippen MR) is 165 cm³/mol. The van der Waals surface area contributed by atoms with E-state index in [2.05, 4.69) is 64.1 Å². The third-order valence-electron chi connectivity index (χ3n) is 8.05. The van der Waals surface area contributed by atoms with E-state index in [1.165, 1.54) is 0 Å². The number of aliphatic hydroxyl groups is 1. The van der Waals surface area contributed by atoms with Crippen molar-refractivity contribution >= 4 is 45.3 Å². The van der Waals surface area contributed by atoms with Gasteiger partial charge in [-0.25, -0.2) is 4.79 Å². The Hall–Kier alpha value is 0.0138. The monoisotopic (exact) mass is 671 g/mol. The summed E-state index contributed by atoms with van der Waals surface area (Å²) in [6, 6.07) is 5.71. The van der Waals surface area contributed by atoms with Gasteiger partial charge in [-0.2, -0.15) is 0 Å². The van der Waals surface area contributed by atoms with Gasteiger partial charge in [-0.3, -0.25) is 0 Å². The van der Waals surface area contributed by atoms with Crippen molar-refractivity contribution in [2.24, 2.45) is 0 Å². The molecule has 1 aliphatic heterocycles. The summed E-state index contributed by atoms with van der Waals surface area (Å²) in [5, 5.41) is 9.47. The SMILES string of the molecule is CC[Si](CC)(CC)O[C@@H]1[C@H](N(C)C(=O)OC(C)(C)C)[C@H](O[Si](CC)(CC)CC)CO[C@@H]1C/C(I)=C/CO. The highest BCUT2D eigenvalue weighted by molar-refractivity contribution is 14.1. The zero-order valence-electron chi connectivity index (χ0n) is 25.1. The number of likely N-dealkylation sites (N-methyl/N-ethyl adjacent to an activating group) is 1. The summed E-state index contributed by atoms with van der Waals surface area (Å²) in [6.07, 6.45) is 1.18. The van der Waals surface area contributed by atoms with E-state index in [0.717, 1.165) is 39.8 Å². The van der Waals surface area contributed by atoms with Gasteiger partial charge in [-0.1, -0.05) is 41.5 Å². The maximum atomic E-state index is 13.5. The molecule has 10 heteroatoms. The Morgan fingerprint density at radius 3 is 1.92 bits per heavy atom. The van der Waals surface area contributed by atoms with Crippen LogP contribution in [0.4, 0.5) is 4.79 Å². The molecule has 0 aromatic carbocycles. The average Bonchev–Trinajstić information content (AvgIpc) is 2.86. The Morgan fingerprint density at radius 1 is 1.00 bits per heavy atom. The van der Waals surface area contributed by atoms with Crippen molar-refractivity contribution in [2.45, 2.75) is 135 Å². The lowest BCUT2D eigenvalue weighted by molar-refractivity contribution is -0.152. The highest BCUT2D eigenvalue weighted by Gasteiger charge is 2.50. The van der Waals surface area contributed by atoms with Gasteiger partial charge in [0, 0.05) is 13.5 Å². The zero-order chi connectivity index (χ0) is 28.4. The van der Waals surface area contributed by atoms with Crippen LogP contribution in [0.15, 0.2) is 9.66 Å². The predicted octanol–water partition coefficient (Wildman–Crippen LogP) is 7.10. The first-order chi connectivity index (χ1) is 17.3. The Balaban J connectivity index is 3.64. The fourth-order valence-electron chi connectivity index (χ4n) is 5.18. The number of rotatable bonds is 14. The lowest BCUT2D eigenvalue weighted by Crippen LogP contribution is -2.66. The number of carbonyl (C=O) groups excluding carboxylic acids is 1. The van der Waals surface area contributed by atoms with E-state index in [9.17, 15) is 9.90 Å². The number of ether oxygens (including phenoxy) is 2. The summed E-state index contributed by atoms with van der Waals surface area (Å²) >= 11 is 2.27.